The van der Waals surface area contributed by atoms with Crippen LogP contribution in [0.3, 0.4) is 0 Å². The normalized spacial score (nSPS) is 13.6. The van der Waals surface area contributed by atoms with E-state index in [4.69, 9.17) is 11.8 Å². The second kappa shape index (κ2) is 15.6. The van der Waals surface area contributed by atoms with E-state index in [1.807, 2.05) is 6.92 Å². The first-order valence-electron chi connectivity index (χ1n) is 8.84. The fourth-order valence-corrected chi connectivity index (χ4v) is 2.55. The van der Waals surface area contributed by atoms with Crippen molar-refractivity contribution in [3.8, 4) is 12.3 Å². The van der Waals surface area contributed by atoms with Crippen LogP contribution in [0.1, 0.15) is 90.4 Å². The number of aliphatic hydroxyl groups excluding tert-OH is 1. The van der Waals surface area contributed by atoms with Crippen LogP contribution in [0.2, 0.25) is 0 Å². The van der Waals surface area contributed by atoms with Crippen LogP contribution in [0.5, 0.6) is 0 Å². The second-order valence-corrected chi connectivity index (χ2v) is 6.23. The molecular formula is C19H35NO. The summed E-state index contributed by atoms with van der Waals surface area (Å²) < 4.78 is 0. The zero-order chi connectivity index (χ0) is 15.8. The van der Waals surface area contributed by atoms with Crippen molar-refractivity contribution in [2.24, 2.45) is 5.92 Å². The van der Waals surface area contributed by atoms with Crippen molar-refractivity contribution >= 4 is 6.21 Å². The Morgan fingerprint density at radius 1 is 0.905 bits per heavy atom. The lowest BCUT2D eigenvalue weighted by atomic mass is 9.99. The summed E-state index contributed by atoms with van der Waals surface area (Å²) in [4.78, 5) is 0. The standard InChI is InChI=1S/C19H35NO/c1-3-4-5-6-7-8-9-10-11-12-13-14-15-16-19(21)18(2)17-20/h1,17-21H,4-16H2,2H3. The number of rotatable bonds is 15. The number of unbranched alkanes of at least 4 members (excludes halogenated alkanes) is 11. The quantitative estimate of drug-likeness (QED) is 0.239. The molecule has 0 saturated heterocycles. The van der Waals surface area contributed by atoms with Crippen LogP contribution < -0.4 is 0 Å². The fraction of sp³-hybridized carbons (Fsp3) is 0.842. The lowest BCUT2D eigenvalue weighted by Gasteiger charge is -2.13. The molecule has 2 unspecified atom stereocenters. The molecule has 0 heterocycles. The summed E-state index contributed by atoms with van der Waals surface area (Å²) in [6.45, 7) is 1.91. The average Bonchev–Trinajstić information content (AvgIpc) is 2.50. The third-order valence-electron chi connectivity index (χ3n) is 4.19. The highest BCUT2D eigenvalue weighted by Gasteiger charge is 2.10. The average molecular weight is 293 g/mol. The molecule has 2 atom stereocenters. The van der Waals surface area contributed by atoms with Gasteiger partial charge < -0.3 is 10.5 Å². The Labute approximate surface area is 132 Å². The van der Waals surface area contributed by atoms with Gasteiger partial charge in [-0.25, -0.2) is 0 Å². The Morgan fingerprint density at radius 3 is 1.76 bits per heavy atom. The summed E-state index contributed by atoms with van der Waals surface area (Å²) in [5.74, 6) is 2.70. The molecule has 0 rings (SSSR count). The van der Waals surface area contributed by atoms with E-state index in [1.165, 1.54) is 70.4 Å². The third-order valence-corrected chi connectivity index (χ3v) is 4.19. The SMILES string of the molecule is C#CCCCCCCCCCCCCCC(O)C(C)C=N. The zero-order valence-electron chi connectivity index (χ0n) is 13.9. The first kappa shape index (κ1) is 20.2. The van der Waals surface area contributed by atoms with E-state index in [9.17, 15) is 5.11 Å². The van der Waals surface area contributed by atoms with Gasteiger partial charge in [0.25, 0.3) is 0 Å². The van der Waals surface area contributed by atoms with Crippen molar-refractivity contribution in [1.82, 2.24) is 0 Å². The highest BCUT2D eigenvalue weighted by molar-refractivity contribution is 5.56. The van der Waals surface area contributed by atoms with Crippen LogP contribution in [0, 0.1) is 23.7 Å². The lowest BCUT2D eigenvalue weighted by Crippen LogP contribution is -2.18. The van der Waals surface area contributed by atoms with Gasteiger partial charge in [-0.2, -0.15) is 0 Å². The number of aliphatic hydroxyl groups is 1. The molecule has 21 heavy (non-hydrogen) atoms. The summed E-state index contributed by atoms with van der Waals surface area (Å²) in [7, 11) is 0. The van der Waals surface area contributed by atoms with Crippen LogP contribution in [0.4, 0.5) is 0 Å². The van der Waals surface area contributed by atoms with E-state index in [1.54, 1.807) is 0 Å². The summed E-state index contributed by atoms with van der Waals surface area (Å²) in [5, 5.41) is 16.9. The number of nitrogens with one attached hydrogen (secondary N) is 1. The van der Waals surface area contributed by atoms with Crippen molar-refractivity contribution in [1.29, 1.82) is 5.41 Å². The molecule has 0 aromatic rings. The van der Waals surface area contributed by atoms with Gasteiger partial charge in [0.2, 0.25) is 0 Å². The molecule has 0 spiro atoms. The molecule has 0 fully saturated rings. The minimum absolute atomic E-state index is 0.00522. The van der Waals surface area contributed by atoms with E-state index in [2.05, 4.69) is 5.92 Å². The minimum atomic E-state index is -0.322. The van der Waals surface area contributed by atoms with Crippen molar-refractivity contribution in [3.63, 3.8) is 0 Å². The predicted molar refractivity (Wildman–Crippen MR) is 92.8 cm³/mol. The van der Waals surface area contributed by atoms with Gasteiger partial charge in [-0.3, -0.25) is 0 Å². The highest BCUT2D eigenvalue weighted by Crippen LogP contribution is 2.14. The van der Waals surface area contributed by atoms with E-state index < -0.39 is 0 Å². The van der Waals surface area contributed by atoms with Gasteiger partial charge in [-0.1, -0.05) is 71.1 Å². The molecule has 0 aliphatic heterocycles. The predicted octanol–water partition coefficient (Wildman–Crippen LogP) is 5.34. The van der Waals surface area contributed by atoms with Crippen LogP contribution >= 0.6 is 0 Å². The summed E-state index contributed by atoms with van der Waals surface area (Å²) in [6.07, 6.45) is 22.2. The molecule has 0 aliphatic carbocycles. The summed E-state index contributed by atoms with van der Waals surface area (Å²) >= 11 is 0. The highest BCUT2D eigenvalue weighted by atomic mass is 16.3. The molecule has 0 saturated carbocycles. The van der Waals surface area contributed by atoms with Crippen LogP contribution in [-0.2, 0) is 0 Å². The molecule has 2 heteroatoms. The van der Waals surface area contributed by atoms with Gasteiger partial charge in [-0.05, 0) is 12.8 Å². The Balaban J connectivity index is 3.12. The van der Waals surface area contributed by atoms with Gasteiger partial charge in [-0.15, -0.1) is 12.3 Å². The Morgan fingerprint density at radius 2 is 1.33 bits per heavy atom. The van der Waals surface area contributed by atoms with Gasteiger partial charge in [0.05, 0.1) is 6.10 Å². The lowest BCUT2D eigenvalue weighted by molar-refractivity contribution is 0.133. The molecule has 2 nitrogen and oxygen atoms in total. The number of hydrogen-bond acceptors (Lipinski definition) is 2. The zero-order valence-corrected chi connectivity index (χ0v) is 13.9. The molecule has 0 aromatic carbocycles. The van der Waals surface area contributed by atoms with Crippen molar-refractivity contribution in [3.05, 3.63) is 0 Å². The first-order valence-corrected chi connectivity index (χ1v) is 8.84. The maximum absolute atomic E-state index is 9.73. The molecule has 0 aromatic heterocycles. The van der Waals surface area contributed by atoms with Gasteiger partial charge in [0.1, 0.15) is 0 Å². The second-order valence-electron chi connectivity index (χ2n) is 6.23. The molecular weight excluding hydrogens is 258 g/mol. The summed E-state index contributed by atoms with van der Waals surface area (Å²) in [5.41, 5.74) is 0. The monoisotopic (exact) mass is 293 g/mol. The maximum atomic E-state index is 9.73. The largest absolute Gasteiger partial charge is 0.392 e. The Bertz CT molecular complexity index is 269. The molecule has 0 amide bonds. The van der Waals surface area contributed by atoms with Gasteiger partial charge >= 0.3 is 0 Å². The first-order chi connectivity index (χ1) is 10.2. The van der Waals surface area contributed by atoms with Crippen molar-refractivity contribution in [2.45, 2.75) is 96.5 Å². The van der Waals surface area contributed by atoms with Crippen LogP contribution in [0.25, 0.3) is 0 Å². The van der Waals surface area contributed by atoms with Gasteiger partial charge in [0.15, 0.2) is 0 Å². The molecule has 0 bridgehead atoms. The van der Waals surface area contributed by atoms with E-state index >= 15 is 0 Å². The molecule has 0 aliphatic rings. The van der Waals surface area contributed by atoms with Crippen molar-refractivity contribution in [2.75, 3.05) is 0 Å². The minimum Gasteiger partial charge on any atom is -0.392 e. The molecule has 0 radical (unpaired) electrons. The van der Waals surface area contributed by atoms with Crippen LogP contribution in [0.15, 0.2) is 0 Å². The Hall–Kier alpha value is -0.810. The van der Waals surface area contributed by atoms with Crippen LogP contribution in [-0.4, -0.2) is 17.4 Å². The molecule has 122 valence electrons. The Kier molecular flexibility index (Phi) is 15.0. The van der Waals surface area contributed by atoms with Gasteiger partial charge in [0, 0.05) is 18.6 Å². The number of hydrogen-bond donors (Lipinski definition) is 2. The molecule has 2 N–H and O–H groups in total. The van der Waals surface area contributed by atoms with E-state index in [-0.39, 0.29) is 12.0 Å². The number of terminal acetylenes is 1. The fourth-order valence-electron chi connectivity index (χ4n) is 2.55. The summed E-state index contributed by atoms with van der Waals surface area (Å²) in [6, 6.07) is 0. The topological polar surface area (TPSA) is 44.1 Å². The third kappa shape index (κ3) is 13.9. The van der Waals surface area contributed by atoms with E-state index in [0.29, 0.717) is 0 Å². The van der Waals surface area contributed by atoms with Crippen molar-refractivity contribution < 1.29 is 5.11 Å². The smallest absolute Gasteiger partial charge is 0.0614 e. The van der Waals surface area contributed by atoms with E-state index in [0.717, 1.165) is 19.3 Å². The maximum Gasteiger partial charge on any atom is 0.0614 e.